The van der Waals surface area contributed by atoms with Gasteiger partial charge in [0.1, 0.15) is 5.75 Å². The molecule has 2 aliphatic rings. The highest BCUT2D eigenvalue weighted by molar-refractivity contribution is 6.54. The molecule has 0 aromatic heterocycles. The van der Waals surface area contributed by atoms with Crippen LogP contribution in [0.25, 0.3) is 0 Å². The summed E-state index contributed by atoms with van der Waals surface area (Å²) in [5.41, 5.74) is 1.76. The first-order valence-corrected chi connectivity index (χ1v) is 11.9. The SMILES string of the molecule is CCC1CCc2c(O)c(C(=O)c3c(Cl)c(Cl)c(Cl)c(Cl)c3C(=O)O)cc3c2N(CCC3)C1. The van der Waals surface area contributed by atoms with Gasteiger partial charge in [-0.2, -0.15) is 0 Å². The fraction of sp³-hybridized carbons (Fsp3) is 0.391. The molecule has 9 heteroatoms. The molecule has 2 aliphatic heterocycles. The first-order valence-electron chi connectivity index (χ1n) is 10.4. The number of phenolic OH excluding ortho intramolecular Hbond substituents is 1. The Labute approximate surface area is 205 Å². The van der Waals surface area contributed by atoms with Crippen molar-refractivity contribution >= 4 is 63.8 Å². The van der Waals surface area contributed by atoms with Crippen molar-refractivity contribution in [2.75, 3.05) is 18.0 Å². The molecule has 1 unspecified atom stereocenters. The summed E-state index contributed by atoms with van der Waals surface area (Å²) in [6.45, 7) is 3.98. The summed E-state index contributed by atoms with van der Waals surface area (Å²) in [4.78, 5) is 27.8. The summed E-state index contributed by atoms with van der Waals surface area (Å²) in [5.74, 6) is -1.87. The third-order valence-electron chi connectivity index (χ3n) is 6.45. The number of hydrogen-bond acceptors (Lipinski definition) is 4. The number of aromatic hydroxyl groups is 1. The van der Waals surface area contributed by atoms with E-state index < -0.39 is 17.3 Å². The third kappa shape index (κ3) is 3.73. The zero-order valence-corrected chi connectivity index (χ0v) is 20.3. The highest BCUT2D eigenvalue weighted by Crippen LogP contribution is 2.46. The lowest BCUT2D eigenvalue weighted by atomic mass is 9.89. The molecule has 0 saturated heterocycles. The zero-order valence-electron chi connectivity index (χ0n) is 17.3. The summed E-state index contributed by atoms with van der Waals surface area (Å²) < 4.78 is 0. The number of hydrogen-bond donors (Lipinski definition) is 2. The van der Waals surface area contributed by atoms with Gasteiger partial charge in [-0.1, -0.05) is 59.7 Å². The van der Waals surface area contributed by atoms with Crippen LogP contribution in [-0.2, 0) is 12.8 Å². The van der Waals surface area contributed by atoms with Crippen LogP contribution in [0, 0.1) is 5.92 Å². The maximum Gasteiger partial charge on any atom is 0.338 e. The van der Waals surface area contributed by atoms with Crippen LogP contribution in [0.5, 0.6) is 5.75 Å². The average molecular weight is 517 g/mol. The topological polar surface area (TPSA) is 77.8 Å². The van der Waals surface area contributed by atoms with E-state index in [1.54, 1.807) is 6.07 Å². The lowest BCUT2D eigenvalue weighted by Gasteiger charge is -2.34. The predicted molar refractivity (Wildman–Crippen MR) is 128 cm³/mol. The molecule has 0 saturated carbocycles. The van der Waals surface area contributed by atoms with Crippen molar-refractivity contribution in [1.29, 1.82) is 0 Å². The number of rotatable bonds is 4. The number of aromatic carboxylic acids is 1. The minimum Gasteiger partial charge on any atom is -0.507 e. The fourth-order valence-electron chi connectivity index (χ4n) is 4.79. The Bertz CT molecular complexity index is 1150. The minimum absolute atomic E-state index is 0.00518. The number of anilines is 1. The van der Waals surface area contributed by atoms with Gasteiger partial charge >= 0.3 is 5.97 Å². The summed E-state index contributed by atoms with van der Waals surface area (Å²) in [6.07, 6.45) is 4.25. The first-order chi connectivity index (χ1) is 15.2. The molecule has 5 nitrogen and oxygen atoms in total. The van der Waals surface area contributed by atoms with Gasteiger partial charge in [0.05, 0.1) is 36.8 Å². The van der Waals surface area contributed by atoms with Gasteiger partial charge in [0.2, 0.25) is 0 Å². The molecule has 0 amide bonds. The number of carboxylic acids is 1. The Morgan fingerprint density at radius 1 is 1.06 bits per heavy atom. The number of ketones is 1. The molecular formula is C23H21Cl4NO4. The molecule has 170 valence electrons. The number of phenols is 1. The summed E-state index contributed by atoms with van der Waals surface area (Å²) >= 11 is 24.6. The molecular weight excluding hydrogens is 496 g/mol. The van der Waals surface area contributed by atoms with E-state index in [2.05, 4.69) is 11.8 Å². The van der Waals surface area contributed by atoms with Gasteiger partial charge in [0, 0.05) is 24.3 Å². The number of halogens is 4. The zero-order chi connectivity index (χ0) is 23.3. The van der Waals surface area contributed by atoms with E-state index in [1.807, 2.05) is 0 Å². The van der Waals surface area contributed by atoms with Crippen molar-refractivity contribution in [3.63, 3.8) is 0 Å². The van der Waals surface area contributed by atoms with E-state index in [-0.39, 0.29) is 37.0 Å². The Balaban J connectivity index is 1.93. The van der Waals surface area contributed by atoms with Crippen molar-refractivity contribution in [3.05, 3.63) is 54.0 Å². The van der Waals surface area contributed by atoms with Gasteiger partial charge in [-0.05, 0) is 43.2 Å². The minimum atomic E-state index is -1.47. The van der Waals surface area contributed by atoms with Crippen molar-refractivity contribution < 1.29 is 19.8 Å². The smallest absolute Gasteiger partial charge is 0.338 e. The molecule has 1 atom stereocenters. The second kappa shape index (κ2) is 8.94. The van der Waals surface area contributed by atoms with E-state index in [9.17, 15) is 19.8 Å². The second-order valence-corrected chi connectivity index (χ2v) is 9.77. The van der Waals surface area contributed by atoms with Crippen molar-refractivity contribution in [2.45, 2.75) is 39.0 Å². The van der Waals surface area contributed by atoms with Crippen LogP contribution >= 0.6 is 46.4 Å². The van der Waals surface area contributed by atoms with E-state index >= 15 is 0 Å². The Morgan fingerprint density at radius 3 is 2.34 bits per heavy atom. The molecule has 2 aromatic carbocycles. The Morgan fingerprint density at radius 2 is 1.72 bits per heavy atom. The molecule has 0 radical (unpaired) electrons. The number of aryl methyl sites for hydroxylation is 1. The molecule has 32 heavy (non-hydrogen) atoms. The largest absolute Gasteiger partial charge is 0.507 e. The number of carbonyl (C=O) groups excluding carboxylic acids is 1. The molecule has 0 spiro atoms. The number of benzene rings is 2. The number of carboxylic acid groups (broad SMARTS) is 1. The maximum atomic E-state index is 13.6. The number of carbonyl (C=O) groups is 2. The van der Waals surface area contributed by atoms with Crippen molar-refractivity contribution in [3.8, 4) is 5.75 Å². The molecule has 4 rings (SSSR count). The molecule has 0 bridgehead atoms. The summed E-state index contributed by atoms with van der Waals surface area (Å²) in [6, 6.07) is 1.65. The van der Waals surface area contributed by atoms with Crippen LogP contribution in [0.4, 0.5) is 5.69 Å². The highest BCUT2D eigenvalue weighted by atomic mass is 35.5. The van der Waals surface area contributed by atoms with Crippen LogP contribution in [0.15, 0.2) is 6.07 Å². The Hall–Kier alpha value is -1.66. The quantitative estimate of drug-likeness (QED) is 0.270. The standard InChI is InChI=1S/C23H21Cl4NO4/c1-2-10-5-6-12-20-11(4-3-7-28(20)9-10)8-13(21(12)29)22(30)14-15(23(31)32)17(25)19(27)18(26)16(14)24/h8,10,29H,2-7,9H2,1H3,(H,31,32). The average Bonchev–Trinajstić information content (AvgIpc) is 2.96. The van der Waals surface area contributed by atoms with Gasteiger partial charge in [-0.15, -0.1) is 0 Å². The predicted octanol–water partition coefficient (Wildman–Crippen LogP) is 6.66. The lowest BCUT2D eigenvalue weighted by Crippen LogP contribution is -2.33. The highest BCUT2D eigenvalue weighted by Gasteiger charge is 2.34. The molecule has 2 aromatic rings. The third-order valence-corrected chi connectivity index (χ3v) is 8.25. The first kappa shape index (κ1) is 23.5. The number of nitrogens with zero attached hydrogens (tertiary/aromatic N) is 1. The fourth-order valence-corrected chi connectivity index (χ4v) is 5.81. The molecule has 2 N–H and O–H groups in total. The van der Waals surface area contributed by atoms with E-state index in [1.165, 1.54) is 0 Å². The Kier molecular flexibility index (Phi) is 6.56. The normalized spacial score (nSPS) is 17.7. The van der Waals surface area contributed by atoms with Crippen molar-refractivity contribution in [1.82, 2.24) is 0 Å². The molecule has 2 heterocycles. The van der Waals surface area contributed by atoms with Crippen LogP contribution in [0.1, 0.15) is 63.6 Å². The monoisotopic (exact) mass is 515 g/mol. The lowest BCUT2D eigenvalue weighted by molar-refractivity contribution is 0.0693. The van der Waals surface area contributed by atoms with E-state index in [4.69, 9.17) is 46.4 Å². The van der Waals surface area contributed by atoms with Gasteiger partial charge in [0.25, 0.3) is 0 Å². The van der Waals surface area contributed by atoms with Crippen LogP contribution in [0.3, 0.4) is 0 Å². The second-order valence-electron chi connectivity index (χ2n) is 8.26. The van der Waals surface area contributed by atoms with Crippen molar-refractivity contribution in [2.24, 2.45) is 5.92 Å². The van der Waals surface area contributed by atoms with Crippen LogP contribution in [-0.4, -0.2) is 35.1 Å². The summed E-state index contributed by atoms with van der Waals surface area (Å²) in [7, 11) is 0. The van der Waals surface area contributed by atoms with Gasteiger partial charge in [0.15, 0.2) is 5.78 Å². The van der Waals surface area contributed by atoms with Gasteiger partial charge in [-0.25, -0.2) is 4.79 Å². The maximum absolute atomic E-state index is 13.6. The molecule has 0 aliphatic carbocycles. The van der Waals surface area contributed by atoms with Crippen LogP contribution < -0.4 is 4.90 Å². The van der Waals surface area contributed by atoms with Crippen LogP contribution in [0.2, 0.25) is 20.1 Å². The van der Waals surface area contributed by atoms with Gasteiger partial charge in [-0.3, -0.25) is 4.79 Å². The van der Waals surface area contributed by atoms with E-state index in [0.717, 1.165) is 55.6 Å². The van der Waals surface area contributed by atoms with Gasteiger partial charge < -0.3 is 15.1 Å². The summed E-state index contributed by atoms with van der Waals surface area (Å²) in [5, 5.41) is 19.8. The van der Waals surface area contributed by atoms with E-state index in [0.29, 0.717) is 12.3 Å². The molecule has 0 fully saturated rings.